The van der Waals surface area contributed by atoms with Gasteiger partial charge in [0.15, 0.2) is 5.72 Å². The molecule has 232 valence electrons. The highest BCUT2D eigenvalue weighted by Gasteiger charge is 2.59. The van der Waals surface area contributed by atoms with Crippen LogP contribution in [0, 0.1) is 17.8 Å². The van der Waals surface area contributed by atoms with E-state index in [1.165, 1.54) is 0 Å². The van der Waals surface area contributed by atoms with Gasteiger partial charge in [0.25, 0.3) is 0 Å². The van der Waals surface area contributed by atoms with Crippen LogP contribution in [0.25, 0.3) is 0 Å². The van der Waals surface area contributed by atoms with E-state index in [9.17, 15) is 9.90 Å². The number of benzene rings is 2. The molecule has 0 aromatic heterocycles. The number of likely N-dealkylation sites (tertiary alicyclic amines) is 1. The summed E-state index contributed by atoms with van der Waals surface area (Å²) in [4.78, 5) is 15.2. The molecule has 2 aliphatic heterocycles. The summed E-state index contributed by atoms with van der Waals surface area (Å²) in [6.45, 7) is 14.3. The van der Waals surface area contributed by atoms with Crippen LogP contribution in [0.4, 0.5) is 4.79 Å². The van der Waals surface area contributed by atoms with Crippen LogP contribution >= 0.6 is 0 Å². The average molecular weight is 582 g/mol. The van der Waals surface area contributed by atoms with Crippen LogP contribution in [0.15, 0.2) is 60.7 Å². The van der Waals surface area contributed by atoms with Crippen molar-refractivity contribution in [2.45, 2.75) is 110 Å². The van der Waals surface area contributed by atoms with Crippen LogP contribution in [-0.2, 0) is 32.2 Å². The molecular formula is C35H51NO6. The molecule has 42 heavy (non-hydrogen) atoms. The lowest BCUT2D eigenvalue weighted by atomic mass is 9.80. The molecule has 2 fully saturated rings. The summed E-state index contributed by atoms with van der Waals surface area (Å²) in [6, 6.07) is 20.3. The van der Waals surface area contributed by atoms with Gasteiger partial charge >= 0.3 is 6.09 Å². The Morgan fingerprint density at radius 1 is 1.05 bits per heavy atom. The number of piperidine rings is 1. The van der Waals surface area contributed by atoms with E-state index in [2.05, 4.69) is 32.9 Å². The largest absolute Gasteiger partial charge is 0.444 e. The molecule has 2 aromatic carbocycles. The molecule has 0 saturated carbocycles. The van der Waals surface area contributed by atoms with Gasteiger partial charge in [-0.1, -0.05) is 81.4 Å². The molecule has 2 aliphatic rings. The fourth-order valence-electron chi connectivity index (χ4n) is 6.37. The summed E-state index contributed by atoms with van der Waals surface area (Å²) in [5, 5.41) is 11.5. The van der Waals surface area contributed by atoms with Crippen molar-refractivity contribution in [3.63, 3.8) is 0 Å². The van der Waals surface area contributed by atoms with Crippen molar-refractivity contribution in [2.24, 2.45) is 17.8 Å². The Labute approximate surface area is 252 Å². The number of nitrogens with zero attached hydrogens (tertiary/aromatic N) is 1. The van der Waals surface area contributed by atoms with Crippen molar-refractivity contribution in [1.82, 2.24) is 4.90 Å². The van der Waals surface area contributed by atoms with Crippen molar-refractivity contribution in [1.29, 1.82) is 0 Å². The van der Waals surface area contributed by atoms with Crippen LogP contribution in [0.3, 0.4) is 0 Å². The monoisotopic (exact) mass is 581 g/mol. The topological polar surface area (TPSA) is 77.5 Å². The second kappa shape index (κ2) is 14.3. The van der Waals surface area contributed by atoms with Crippen molar-refractivity contribution in [2.75, 3.05) is 13.2 Å². The SMILES string of the molecule is C[C@H](CCOCc1ccccc1)C[C@@H](OCc1ccccc1)[C@H]1O[C@@]2(C[C@H]1O)[C@@H](C)C[C@@H](C)CN2C(=O)OC(C)(C)C. The highest BCUT2D eigenvalue weighted by atomic mass is 16.6. The molecule has 7 nitrogen and oxygen atoms in total. The Balaban J connectivity index is 1.48. The van der Waals surface area contributed by atoms with Crippen LogP contribution in [0.2, 0.25) is 0 Å². The summed E-state index contributed by atoms with van der Waals surface area (Å²) >= 11 is 0. The van der Waals surface area contributed by atoms with E-state index >= 15 is 0 Å². The van der Waals surface area contributed by atoms with Gasteiger partial charge in [0, 0.05) is 25.5 Å². The van der Waals surface area contributed by atoms with Crippen molar-refractivity contribution in [3.8, 4) is 0 Å². The summed E-state index contributed by atoms with van der Waals surface area (Å²) in [6.07, 6.45) is 0.736. The minimum Gasteiger partial charge on any atom is -0.444 e. The predicted molar refractivity (Wildman–Crippen MR) is 164 cm³/mol. The minimum atomic E-state index is -0.935. The number of aliphatic hydroxyl groups is 1. The van der Waals surface area contributed by atoms with Gasteiger partial charge in [-0.05, 0) is 63.0 Å². The van der Waals surface area contributed by atoms with Gasteiger partial charge in [0.1, 0.15) is 11.7 Å². The van der Waals surface area contributed by atoms with E-state index in [1.807, 2.05) is 69.3 Å². The number of carbonyl (C=O) groups is 1. The van der Waals surface area contributed by atoms with E-state index in [1.54, 1.807) is 4.90 Å². The zero-order valence-corrected chi connectivity index (χ0v) is 26.3. The number of hydrogen-bond donors (Lipinski definition) is 1. The lowest BCUT2D eigenvalue weighted by Crippen LogP contribution is -2.61. The molecule has 1 spiro atoms. The van der Waals surface area contributed by atoms with Crippen LogP contribution in [0.5, 0.6) is 0 Å². The fourth-order valence-corrected chi connectivity index (χ4v) is 6.37. The van der Waals surface area contributed by atoms with Crippen molar-refractivity contribution >= 4 is 6.09 Å². The van der Waals surface area contributed by atoms with Crippen LogP contribution < -0.4 is 0 Å². The van der Waals surface area contributed by atoms with Crippen LogP contribution in [-0.4, -0.2) is 58.9 Å². The van der Waals surface area contributed by atoms with E-state index < -0.39 is 23.5 Å². The maximum absolute atomic E-state index is 13.5. The second-order valence-corrected chi connectivity index (χ2v) is 13.5. The molecule has 7 heteroatoms. The first-order valence-electron chi connectivity index (χ1n) is 15.6. The van der Waals surface area contributed by atoms with E-state index in [-0.39, 0.29) is 24.0 Å². The molecule has 0 unspecified atom stereocenters. The summed E-state index contributed by atoms with van der Waals surface area (Å²) in [5.41, 5.74) is 0.666. The van der Waals surface area contributed by atoms with Gasteiger partial charge in [-0.15, -0.1) is 0 Å². The van der Waals surface area contributed by atoms with Gasteiger partial charge in [-0.3, -0.25) is 4.90 Å². The second-order valence-electron chi connectivity index (χ2n) is 13.5. The molecule has 1 amide bonds. The minimum absolute atomic E-state index is 0.0343. The molecule has 2 aromatic rings. The Hall–Kier alpha value is -2.45. The highest BCUT2D eigenvalue weighted by molar-refractivity contribution is 5.69. The molecule has 0 radical (unpaired) electrons. The molecular weight excluding hydrogens is 530 g/mol. The number of amides is 1. The molecule has 2 heterocycles. The number of ether oxygens (including phenoxy) is 4. The van der Waals surface area contributed by atoms with Gasteiger partial charge in [0.2, 0.25) is 0 Å². The zero-order chi connectivity index (χ0) is 30.3. The standard InChI is InChI=1S/C35H51NO6/c1-25(17-18-39-23-28-13-9-7-10-14-28)20-31(40-24-29-15-11-8-12-16-29)32-30(37)21-35(41-32)27(3)19-26(2)22-36(35)33(38)42-34(4,5)6/h7-16,25-27,30-32,37H,17-24H2,1-6H3/t25-,26-,27+,30-,31-,32+,35+/m1/s1. The first-order valence-corrected chi connectivity index (χ1v) is 15.6. The maximum Gasteiger partial charge on any atom is 0.412 e. The Morgan fingerprint density at radius 2 is 1.67 bits per heavy atom. The molecule has 0 aliphatic carbocycles. The smallest absolute Gasteiger partial charge is 0.412 e. The Morgan fingerprint density at radius 3 is 2.29 bits per heavy atom. The number of carbonyl (C=O) groups excluding carboxylic acids is 1. The fraction of sp³-hybridized carbons (Fsp3) is 0.629. The number of rotatable bonds is 11. The third-order valence-electron chi connectivity index (χ3n) is 8.49. The summed E-state index contributed by atoms with van der Waals surface area (Å²) in [5.74, 6) is 0.616. The van der Waals surface area contributed by atoms with Gasteiger partial charge in [-0.2, -0.15) is 0 Å². The van der Waals surface area contributed by atoms with Crippen molar-refractivity contribution in [3.05, 3.63) is 71.8 Å². The molecule has 0 bridgehead atoms. The Bertz CT molecular complexity index is 1110. The summed E-state index contributed by atoms with van der Waals surface area (Å²) < 4.78 is 25.2. The first-order chi connectivity index (χ1) is 20.0. The van der Waals surface area contributed by atoms with E-state index in [0.717, 1.165) is 24.0 Å². The molecule has 2 saturated heterocycles. The van der Waals surface area contributed by atoms with E-state index in [4.69, 9.17) is 18.9 Å². The van der Waals surface area contributed by atoms with Gasteiger partial charge < -0.3 is 24.1 Å². The lowest BCUT2D eigenvalue weighted by molar-refractivity contribution is -0.215. The van der Waals surface area contributed by atoms with Crippen LogP contribution in [0.1, 0.15) is 78.4 Å². The zero-order valence-electron chi connectivity index (χ0n) is 26.3. The van der Waals surface area contributed by atoms with E-state index in [0.29, 0.717) is 45.1 Å². The number of aliphatic hydroxyl groups excluding tert-OH is 1. The molecule has 1 N–H and O–H groups in total. The Kier molecular flexibility index (Phi) is 11.1. The van der Waals surface area contributed by atoms with Gasteiger partial charge in [-0.25, -0.2) is 4.79 Å². The molecule has 7 atom stereocenters. The quantitative estimate of drug-likeness (QED) is 0.289. The van der Waals surface area contributed by atoms with Gasteiger partial charge in [0.05, 0.1) is 25.4 Å². The normalized spacial score (nSPS) is 27.6. The third-order valence-corrected chi connectivity index (χ3v) is 8.49. The number of hydrogen-bond acceptors (Lipinski definition) is 6. The van der Waals surface area contributed by atoms with Crippen molar-refractivity contribution < 1.29 is 28.8 Å². The lowest BCUT2D eigenvalue weighted by Gasteiger charge is -2.50. The highest BCUT2D eigenvalue weighted by Crippen LogP contribution is 2.47. The predicted octanol–water partition coefficient (Wildman–Crippen LogP) is 6.96. The molecule has 4 rings (SSSR count). The first kappa shape index (κ1) is 32.5. The summed E-state index contributed by atoms with van der Waals surface area (Å²) in [7, 11) is 0. The average Bonchev–Trinajstić information content (AvgIpc) is 3.29. The maximum atomic E-state index is 13.5. The third kappa shape index (κ3) is 8.56.